The van der Waals surface area contributed by atoms with E-state index in [0.717, 1.165) is 25.2 Å². The molecule has 2 aromatic rings. The van der Waals surface area contributed by atoms with Crippen LogP contribution in [0.3, 0.4) is 0 Å². The van der Waals surface area contributed by atoms with Crippen molar-refractivity contribution in [2.75, 3.05) is 6.61 Å². The molecule has 1 nitrogen and oxygen atoms in total. The third kappa shape index (κ3) is 3.12. The van der Waals surface area contributed by atoms with Crippen LogP contribution in [0.1, 0.15) is 54.9 Å². The lowest BCUT2D eigenvalue weighted by molar-refractivity contribution is 0.356. The molecule has 1 heteroatoms. The Balaban J connectivity index is 1.73. The second-order valence-electron chi connectivity index (χ2n) is 5.97. The van der Waals surface area contributed by atoms with Crippen molar-refractivity contribution < 1.29 is 4.74 Å². The van der Waals surface area contributed by atoms with E-state index in [9.17, 15) is 0 Å². The van der Waals surface area contributed by atoms with Gasteiger partial charge >= 0.3 is 0 Å². The Hall–Kier alpha value is -1.76. The second-order valence-corrected chi connectivity index (χ2v) is 5.97. The molecule has 1 heterocycles. The number of rotatable bonds is 5. The van der Waals surface area contributed by atoms with Crippen LogP contribution in [0, 0.1) is 0 Å². The fraction of sp³-hybridized carbons (Fsp3) is 0.400. The molecule has 0 aromatic heterocycles. The first-order valence-electron chi connectivity index (χ1n) is 8.13. The summed E-state index contributed by atoms with van der Waals surface area (Å²) < 4.78 is 5.66. The lowest BCUT2D eigenvalue weighted by Gasteiger charge is -2.13. The zero-order valence-corrected chi connectivity index (χ0v) is 13.1. The Morgan fingerprint density at radius 1 is 0.952 bits per heavy atom. The Morgan fingerprint density at radius 3 is 2.38 bits per heavy atom. The summed E-state index contributed by atoms with van der Waals surface area (Å²) in [6.45, 7) is 5.38. The van der Waals surface area contributed by atoms with E-state index in [1.807, 2.05) is 0 Å². The molecule has 21 heavy (non-hydrogen) atoms. The molecule has 2 aromatic carbocycles. The molecule has 0 aliphatic carbocycles. The van der Waals surface area contributed by atoms with E-state index in [1.54, 1.807) is 0 Å². The van der Waals surface area contributed by atoms with E-state index in [0.29, 0.717) is 5.92 Å². The molecule has 0 spiro atoms. The minimum Gasteiger partial charge on any atom is -0.493 e. The standard InChI is InChI=1S/C20H24O/c1-3-17(4-2)18-8-5-15(6-9-18)13-16-7-10-19-11-12-21-20(19)14-16/h5-10,14,17H,3-4,11-13H2,1-2H3. The summed E-state index contributed by atoms with van der Waals surface area (Å²) in [5.41, 5.74) is 5.54. The van der Waals surface area contributed by atoms with Crippen LogP contribution in [-0.4, -0.2) is 6.61 Å². The van der Waals surface area contributed by atoms with Crippen molar-refractivity contribution in [2.24, 2.45) is 0 Å². The largest absolute Gasteiger partial charge is 0.493 e. The molecule has 0 amide bonds. The van der Waals surface area contributed by atoms with Gasteiger partial charge in [-0.15, -0.1) is 0 Å². The highest BCUT2D eigenvalue weighted by Crippen LogP contribution is 2.28. The number of fused-ring (bicyclic) bond motifs is 1. The molecule has 0 saturated carbocycles. The summed E-state index contributed by atoms with van der Waals surface area (Å²) in [4.78, 5) is 0. The molecule has 0 fully saturated rings. The minimum atomic E-state index is 0.701. The van der Waals surface area contributed by atoms with E-state index in [-0.39, 0.29) is 0 Å². The topological polar surface area (TPSA) is 9.23 Å². The van der Waals surface area contributed by atoms with Crippen LogP contribution in [0.25, 0.3) is 0 Å². The van der Waals surface area contributed by atoms with Crippen LogP contribution in [0.4, 0.5) is 0 Å². The van der Waals surface area contributed by atoms with Crippen LogP contribution in [0.2, 0.25) is 0 Å². The van der Waals surface area contributed by atoms with Crippen LogP contribution in [0.5, 0.6) is 5.75 Å². The third-order valence-corrected chi connectivity index (χ3v) is 4.61. The van der Waals surface area contributed by atoms with Gasteiger partial charge in [0.2, 0.25) is 0 Å². The smallest absolute Gasteiger partial charge is 0.122 e. The highest BCUT2D eigenvalue weighted by Gasteiger charge is 2.12. The van der Waals surface area contributed by atoms with Crippen molar-refractivity contribution in [1.82, 2.24) is 0 Å². The van der Waals surface area contributed by atoms with Gasteiger partial charge in [0, 0.05) is 6.42 Å². The summed E-state index contributed by atoms with van der Waals surface area (Å²) in [7, 11) is 0. The first-order valence-corrected chi connectivity index (χ1v) is 8.13. The number of hydrogen-bond acceptors (Lipinski definition) is 1. The quantitative estimate of drug-likeness (QED) is 0.739. The number of hydrogen-bond donors (Lipinski definition) is 0. The van der Waals surface area contributed by atoms with Crippen LogP contribution in [0.15, 0.2) is 42.5 Å². The average Bonchev–Trinajstić information content (AvgIpc) is 2.98. The zero-order chi connectivity index (χ0) is 14.7. The van der Waals surface area contributed by atoms with Gasteiger partial charge in [-0.2, -0.15) is 0 Å². The van der Waals surface area contributed by atoms with Gasteiger partial charge < -0.3 is 4.74 Å². The summed E-state index contributed by atoms with van der Waals surface area (Å²) in [6, 6.07) is 15.8. The molecule has 0 bridgehead atoms. The summed E-state index contributed by atoms with van der Waals surface area (Å²) >= 11 is 0. The first kappa shape index (κ1) is 14.2. The molecule has 1 aliphatic heterocycles. The van der Waals surface area contributed by atoms with Crippen LogP contribution >= 0.6 is 0 Å². The highest BCUT2D eigenvalue weighted by atomic mass is 16.5. The highest BCUT2D eigenvalue weighted by molar-refractivity contribution is 5.41. The fourth-order valence-corrected chi connectivity index (χ4v) is 3.22. The first-order chi connectivity index (χ1) is 10.3. The van der Waals surface area contributed by atoms with E-state index < -0.39 is 0 Å². The molecule has 0 unspecified atom stereocenters. The Bertz CT molecular complexity index is 594. The summed E-state index contributed by atoms with van der Waals surface area (Å²) in [6.07, 6.45) is 4.48. The van der Waals surface area contributed by atoms with Gasteiger partial charge in [-0.25, -0.2) is 0 Å². The molecule has 0 N–H and O–H groups in total. The van der Waals surface area contributed by atoms with Gasteiger partial charge in [0.15, 0.2) is 0 Å². The predicted octanol–water partition coefficient (Wildman–Crippen LogP) is 5.12. The van der Waals surface area contributed by atoms with E-state index in [2.05, 4.69) is 56.3 Å². The summed E-state index contributed by atoms with van der Waals surface area (Å²) in [5.74, 6) is 1.79. The SMILES string of the molecule is CCC(CC)c1ccc(Cc2ccc3c(c2)OCC3)cc1. The van der Waals surface area contributed by atoms with Gasteiger partial charge in [-0.1, -0.05) is 50.2 Å². The van der Waals surface area contributed by atoms with Crippen molar-refractivity contribution in [1.29, 1.82) is 0 Å². The Labute approximate surface area is 128 Å². The zero-order valence-electron chi connectivity index (χ0n) is 13.1. The van der Waals surface area contributed by atoms with Gasteiger partial charge in [-0.05, 0) is 53.5 Å². The molecule has 0 saturated heterocycles. The second kappa shape index (κ2) is 6.34. The maximum Gasteiger partial charge on any atom is 0.122 e. The van der Waals surface area contributed by atoms with Crippen molar-refractivity contribution in [2.45, 2.75) is 45.4 Å². The molecule has 0 radical (unpaired) electrons. The van der Waals surface area contributed by atoms with Crippen LogP contribution in [-0.2, 0) is 12.8 Å². The van der Waals surface area contributed by atoms with Gasteiger partial charge in [0.05, 0.1) is 6.61 Å². The van der Waals surface area contributed by atoms with Crippen LogP contribution < -0.4 is 4.74 Å². The Kier molecular flexibility index (Phi) is 4.28. The predicted molar refractivity (Wildman–Crippen MR) is 88.2 cm³/mol. The van der Waals surface area contributed by atoms with Crippen molar-refractivity contribution in [3.05, 3.63) is 64.7 Å². The molecular weight excluding hydrogens is 256 g/mol. The number of ether oxygens (including phenoxy) is 1. The maximum absolute atomic E-state index is 5.66. The van der Waals surface area contributed by atoms with E-state index >= 15 is 0 Å². The molecular formula is C20H24O. The van der Waals surface area contributed by atoms with Crippen molar-refractivity contribution in [3.8, 4) is 5.75 Å². The van der Waals surface area contributed by atoms with Gasteiger partial charge in [-0.3, -0.25) is 0 Å². The van der Waals surface area contributed by atoms with E-state index in [4.69, 9.17) is 4.74 Å². The normalized spacial score (nSPS) is 13.3. The van der Waals surface area contributed by atoms with Crippen molar-refractivity contribution in [3.63, 3.8) is 0 Å². The molecule has 1 aliphatic rings. The molecule has 0 atom stereocenters. The average molecular weight is 280 g/mol. The minimum absolute atomic E-state index is 0.701. The monoisotopic (exact) mass is 280 g/mol. The van der Waals surface area contributed by atoms with Gasteiger partial charge in [0.1, 0.15) is 5.75 Å². The maximum atomic E-state index is 5.66. The van der Waals surface area contributed by atoms with E-state index in [1.165, 1.54) is 35.1 Å². The Morgan fingerprint density at radius 2 is 1.67 bits per heavy atom. The number of benzene rings is 2. The summed E-state index contributed by atoms with van der Waals surface area (Å²) in [5, 5.41) is 0. The van der Waals surface area contributed by atoms with Gasteiger partial charge in [0.25, 0.3) is 0 Å². The molecule has 3 rings (SSSR count). The third-order valence-electron chi connectivity index (χ3n) is 4.61. The fourth-order valence-electron chi connectivity index (χ4n) is 3.22. The molecule has 110 valence electrons. The lowest BCUT2D eigenvalue weighted by Crippen LogP contribution is -1.96. The lowest BCUT2D eigenvalue weighted by atomic mass is 9.92. The van der Waals surface area contributed by atoms with Crippen molar-refractivity contribution >= 4 is 0 Å².